The number of thiazole rings is 1. The average Bonchev–Trinajstić information content (AvgIpc) is 2.74. The topological polar surface area (TPSA) is 33.2 Å². The van der Waals surface area contributed by atoms with E-state index in [1.165, 1.54) is 29.4 Å². The van der Waals surface area contributed by atoms with Crippen LogP contribution in [0.4, 0.5) is 10.1 Å². The number of amides is 1. The van der Waals surface area contributed by atoms with Crippen LogP contribution in [0.15, 0.2) is 28.1 Å². The highest BCUT2D eigenvalue weighted by Gasteiger charge is 2.18. The Labute approximate surface area is 116 Å². The van der Waals surface area contributed by atoms with Gasteiger partial charge in [0.05, 0.1) is 10.7 Å². The van der Waals surface area contributed by atoms with E-state index in [4.69, 9.17) is 0 Å². The molecule has 2 aromatic rings. The van der Waals surface area contributed by atoms with E-state index in [-0.39, 0.29) is 11.6 Å². The van der Waals surface area contributed by atoms with Crippen molar-refractivity contribution in [1.82, 2.24) is 4.98 Å². The van der Waals surface area contributed by atoms with Gasteiger partial charge in [0.15, 0.2) is 0 Å². The molecule has 0 N–H and O–H groups in total. The SMILES string of the molecule is Cc1nc(C(=O)N(C)c2ccc(Br)cc2F)cs1. The largest absolute Gasteiger partial charge is 0.307 e. The number of halogens is 2. The van der Waals surface area contributed by atoms with Crippen molar-refractivity contribution < 1.29 is 9.18 Å². The molecule has 0 aliphatic heterocycles. The number of aryl methyl sites for hydroxylation is 1. The molecule has 0 radical (unpaired) electrons. The molecule has 0 fully saturated rings. The number of hydrogen-bond acceptors (Lipinski definition) is 3. The van der Waals surface area contributed by atoms with Crippen LogP contribution in [0.3, 0.4) is 0 Å². The number of benzene rings is 1. The van der Waals surface area contributed by atoms with Crippen LogP contribution < -0.4 is 4.90 Å². The molecule has 0 bridgehead atoms. The Balaban J connectivity index is 2.31. The zero-order valence-electron chi connectivity index (χ0n) is 9.78. The van der Waals surface area contributed by atoms with Gasteiger partial charge in [-0.15, -0.1) is 11.3 Å². The number of nitrogens with zero attached hydrogens (tertiary/aromatic N) is 2. The standard InChI is InChI=1S/C12H10BrFN2OS/c1-7-15-10(6-18-7)12(17)16(2)11-4-3-8(13)5-9(11)14/h3-6H,1-2H3. The molecule has 1 aromatic carbocycles. The maximum atomic E-state index is 13.7. The van der Waals surface area contributed by atoms with Crippen LogP contribution in [-0.4, -0.2) is 17.9 Å². The molecule has 0 saturated heterocycles. The third kappa shape index (κ3) is 2.59. The van der Waals surface area contributed by atoms with Crippen molar-refractivity contribution in [3.63, 3.8) is 0 Å². The van der Waals surface area contributed by atoms with Crippen LogP contribution >= 0.6 is 27.3 Å². The number of carbonyl (C=O) groups is 1. The van der Waals surface area contributed by atoms with Crippen molar-refractivity contribution >= 4 is 38.9 Å². The zero-order valence-corrected chi connectivity index (χ0v) is 12.2. The molecule has 0 aliphatic rings. The van der Waals surface area contributed by atoms with E-state index < -0.39 is 5.82 Å². The lowest BCUT2D eigenvalue weighted by atomic mass is 10.2. The Morgan fingerprint density at radius 1 is 1.50 bits per heavy atom. The van der Waals surface area contributed by atoms with Crippen LogP contribution in [0.2, 0.25) is 0 Å². The molecule has 1 amide bonds. The van der Waals surface area contributed by atoms with Crippen molar-refractivity contribution in [2.75, 3.05) is 11.9 Å². The maximum absolute atomic E-state index is 13.7. The van der Waals surface area contributed by atoms with Crippen LogP contribution in [0, 0.1) is 12.7 Å². The van der Waals surface area contributed by atoms with Crippen LogP contribution in [0.5, 0.6) is 0 Å². The predicted molar refractivity (Wildman–Crippen MR) is 73.7 cm³/mol. The van der Waals surface area contributed by atoms with E-state index in [0.29, 0.717) is 10.2 Å². The summed E-state index contributed by atoms with van der Waals surface area (Å²) in [7, 11) is 1.53. The predicted octanol–water partition coefficient (Wildman–Crippen LogP) is 3.63. The molecule has 0 aliphatic carbocycles. The van der Waals surface area contributed by atoms with Crippen LogP contribution in [-0.2, 0) is 0 Å². The third-order valence-corrected chi connectivity index (χ3v) is 3.68. The van der Waals surface area contributed by atoms with Gasteiger partial charge in [0.1, 0.15) is 11.5 Å². The fourth-order valence-electron chi connectivity index (χ4n) is 1.50. The molecule has 2 rings (SSSR count). The number of aromatic nitrogens is 1. The third-order valence-electron chi connectivity index (χ3n) is 2.41. The molecule has 1 aromatic heterocycles. The molecule has 0 atom stereocenters. The van der Waals surface area contributed by atoms with Gasteiger partial charge in [-0.05, 0) is 25.1 Å². The highest BCUT2D eigenvalue weighted by atomic mass is 79.9. The molecule has 0 saturated carbocycles. The summed E-state index contributed by atoms with van der Waals surface area (Å²) in [5.74, 6) is -0.771. The highest BCUT2D eigenvalue weighted by molar-refractivity contribution is 9.10. The lowest BCUT2D eigenvalue weighted by Crippen LogP contribution is -2.27. The second kappa shape index (κ2) is 5.16. The summed E-state index contributed by atoms with van der Waals surface area (Å²) in [6.07, 6.45) is 0. The zero-order chi connectivity index (χ0) is 13.3. The van der Waals surface area contributed by atoms with Crippen molar-refractivity contribution in [1.29, 1.82) is 0 Å². The van der Waals surface area contributed by atoms with E-state index in [1.807, 2.05) is 6.92 Å². The lowest BCUT2D eigenvalue weighted by Gasteiger charge is -2.16. The van der Waals surface area contributed by atoms with Gasteiger partial charge < -0.3 is 4.90 Å². The van der Waals surface area contributed by atoms with Gasteiger partial charge in [0, 0.05) is 16.9 Å². The minimum atomic E-state index is -0.452. The van der Waals surface area contributed by atoms with Gasteiger partial charge in [-0.1, -0.05) is 15.9 Å². The van der Waals surface area contributed by atoms with E-state index in [2.05, 4.69) is 20.9 Å². The molecular weight excluding hydrogens is 319 g/mol. The van der Waals surface area contributed by atoms with Gasteiger partial charge in [-0.25, -0.2) is 9.37 Å². The minimum Gasteiger partial charge on any atom is -0.307 e. The van der Waals surface area contributed by atoms with Crippen molar-refractivity contribution in [3.8, 4) is 0 Å². The number of rotatable bonds is 2. The number of hydrogen-bond donors (Lipinski definition) is 0. The first-order valence-electron chi connectivity index (χ1n) is 5.14. The molecule has 0 spiro atoms. The maximum Gasteiger partial charge on any atom is 0.277 e. The van der Waals surface area contributed by atoms with Gasteiger partial charge >= 0.3 is 0 Å². The molecule has 6 heteroatoms. The Hall–Kier alpha value is -1.27. The van der Waals surface area contributed by atoms with Crippen molar-refractivity contribution in [2.45, 2.75) is 6.92 Å². The van der Waals surface area contributed by atoms with E-state index in [0.717, 1.165) is 5.01 Å². The Morgan fingerprint density at radius 2 is 2.22 bits per heavy atom. The second-order valence-electron chi connectivity index (χ2n) is 3.71. The lowest BCUT2D eigenvalue weighted by molar-refractivity contribution is 0.0988. The molecule has 0 unspecified atom stereocenters. The quantitative estimate of drug-likeness (QED) is 0.843. The van der Waals surface area contributed by atoms with Gasteiger partial charge in [0.25, 0.3) is 5.91 Å². The minimum absolute atomic E-state index is 0.230. The summed E-state index contributed by atoms with van der Waals surface area (Å²) >= 11 is 4.57. The summed E-state index contributed by atoms with van der Waals surface area (Å²) in [5.41, 5.74) is 0.566. The Kier molecular flexibility index (Phi) is 3.77. The summed E-state index contributed by atoms with van der Waals surface area (Å²) in [5, 5.41) is 2.48. The van der Waals surface area contributed by atoms with Gasteiger partial charge in [-0.3, -0.25) is 4.79 Å². The molecule has 94 valence electrons. The normalized spacial score (nSPS) is 10.4. The Bertz CT molecular complexity index is 600. The fourth-order valence-corrected chi connectivity index (χ4v) is 2.42. The van der Waals surface area contributed by atoms with E-state index in [9.17, 15) is 9.18 Å². The summed E-state index contributed by atoms with van der Waals surface area (Å²) < 4.78 is 14.4. The van der Waals surface area contributed by atoms with Gasteiger partial charge in [0.2, 0.25) is 0 Å². The first-order valence-corrected chi connectivity index (χ1v) is 6.81. The van der Waals surface area contributed by atoms with E-state index >= 15 is 0 Å². The van der Waals surface area contributed by atoms with Crippen molar-refractivity contribution in [2.24, 2.45) is 0 Å². The molecule has 18 heavy (non-hydrogen) atoms. The van der Waals surface area contributed by atoms with Crippen LogP contribution in [0.1, 0.15) is 15.5 Å². The first kappa shape index (κ1) is 13.2. The summed E-state index contributed by atoms with van der Waals surface area (Å²) in [4.78, 5) is 17.4. The van der Waals surface area contributed by atoms with Crippen LogP contribution in [0.25, 0.3) is 0 Å². The fraction of sp³-hybridized carbons (Fsp3) is 0.167. The smallest absolute Gasteiger partial charge is 0.277 e. The van der Waals surface area contributed by atoms with Crippen molar-refractivity contribution in [3.05, 3.63) is 44.6 Å². The van der Waals surface area contributed by atoms with Gasteiger partial charge in [-0.2, -0.15) is 0 Å². The molecule has 3 nitrogen and oxygen atoms in total. The molecular formula is C12H10BrFN2OS. The first-order chi connectivity index (χ1) is 8.49. The summed E-state index contributed by atoms with van der Waals surface area (Å²) in [6.45, 7) is 1.82. The Morgan fingerprint density at radius 3 is 2.78 bits per heavy atom. The van der Waals surface area contributed by atoms with E-state index in [1.54, 1.807) is 17.5 Å². The second-order valence-corrected chi connectivity index (χ2v) is 5.69. The monoisotopic (exact) mass is 328 g/mol. The highest BCUT2D eigenvalue weighted by Crippen LogP contribution is 2.23. The number of anilines is 1. The average molecular weight is 329 g/mol. The summed E-state index contributed by atoms with van der Waals surface area (Å²) in [6, 6.07) is 4.57. The number of carbonyl (C=O) groups excluding carboxylic acids is 1. The molecule has 1 heterocycles.